The first-order valence-corrected chi connectivity index (χ1v) is 10.4. The Balaban J connectivity index is 1.49. The van der Waals surface area contributed by atoms with Gasteiger partial charge in [0.1, 0.15) is 13.2 Å². The number of amides is 1. The molecule has 12 heteroatoms. The number of hydrogen-bond acceptors (Lipinski definition) is 6. The van der Waals surface area contributed by atoms with E-state index < -0.39 is 23.3 Å². The van der Waals surface area contributed by atoms with Gasteiger partial charge >= 0.3 is 6.18 Å². The third-order valence-corrected chi connectivity index (χ3v) is 5.78. The maximum Gasteiger partial charge on any atom is 0.434 e. The van der Waals surface area contributed by atoms with Crippen LogP contribution < -0.4 is 14.8 Å². The third kappa shape index (κ3) is 3.73. The van der Waals surface area contributed by atoms with Crippen LogP contribution in [-0.4, -0.2) is 33.9 Å². The number of rotatable bonds is 3. The molecule has 3 heterocycles. The Morgan fingerprint density at radius 1 is 1.16 bits per heavy atom. The van der Waals surface area contributed by atoms with Crippen LogP contribution in [0.3, 0.4) is 0 Å². The van der Waals surface area contributed by atoms with E-state index in [1.54, 1.807) is 12.1 Å². The zero-order chi connectivity index (χ0) is 22.5. The van der Waals surface area contributed by atoms with Crippen LogP contribution in [0.1, 0.15) is 16.1 Å². The number of nitrogens with zero attached hydrogens (tertiary/aromatic N) is 3. The largest absolute Gasteiger partial charge is 0.486 e. The number of ether oxygens (including phenoxy) is 2. The Bertz CT molecular complexity index is 1310. The molecule has 1 amide bonds. The van der Waals surface area contributed by atoms with Crippen molar-refractivity contribution in [3.8, 4) is 17.2 Å². The molecule has 0 atom stereocenters. The van der Waals surface area contributed by atoms with E-state index in [1.165, 1.54) is 24.3 Å². The van der Waals surface area contributed by atoms with Gasteiger partial charge in [-0.1, -0.05) is 29.0 Å². The smallest absolute Gasteiger partial charge is 0.434 e. The van der Waals surface area contributed by atoms with Crippen molar-refractivity contribution in [3.05, 3.63) is 58.9 Å². The summed E-state index contributed by atoms with van der Waals surface area (Å²) in [7, 11) is 0. The maximum absolute atomic E-state index is 13.9. The second-order valence-electron chi connectivity index (χ2n) is 6.73. The molecule has 5 rings (SSSR count). The van der Waals surface area contributed by atoms with Crippen molar-refractivity contribution in [2.75, 3.05) is 18.5 Å². The van der Waals surface area contributed by atoms with Gasteiger partial charge in [0, 0.05) is 17.2 Å². The Hall–Kier alpha value is -3.31. The molecule has 1 N–H and O–H groups in total. The second-order valence-corrected chi connectivity index (χ2v) is 8.20. The highest BCUT2D eigenvalue weighted by Crippen LogP contribution is 2.38. The molecule has 0 saturated carbocycles. The monoisotopic (exact) mass is 480 g/mol. The number of benzene rings is 2. The maximum atomic E-state index is 13.9. The highest BCUT2D eigenvalue weighted by atomic mass is 35.5. The van der Waals surface area contributed by atoms with Gasteiger partial charge in [0.2, 0.25) is 0 Å². The topological polar surface area (TPSA) is 78.3 Å². The predicted molar refractivity (Wildman–Crippen MR) is 112 cm³/mol. The number of alkyl halides is 3. The van der Waals surface area contributed by atoms with Crippen LogP contribution in [0.15, 0.2) is 42.6 Å². The van der Waals surface area contributed by atoms with Crippen LogP contribution in [0.2, 0.25) is 5.02 Å². The fourth-order valence-electron chi connectivity index (χ4n) is 3.27. The lowest BCUT2D eigenvalue weighted by Crippen LogP contribution is -2.20. The van der Waals surface area contributed by atoms with Crippen LogP contribution in [0, 0.1) is 0 Å². The summed E-state index contributed by atoms with van der Waals surface area (Å²) in [5.41, 5.74) is -1.24. The number of anilines is 1. The van der Waals surface area contributed by atoms with Crippen molar-refractivity contribution in [1.29, 1.82) is 0 Å². The zero-order valence-corrected chi connectivity index (χ0v) is 17.5. The van der Waals surface area contributed by atoms with E-state index >= 15 is 0 Å². The minimum atomic E-state index is -4.84. The van der Waals surface area contributed by atoms with Crippen molar-refractivity contribution in [2.45, 2.75) is 6.18 Å². The standard InChI is InChI=1S/C20H12ClF3N4O3S/c21-10-2-1-3-11(6-10)28-17(20(22,23)24)12(9-25-28)18(29)27-19-26-13-7-14-15(8-16(13)32-19)31-5-4-30-14/h1-3,6-9H,4-5H2,(H,26,27,29). The molecule has 1 aliphatic heterocycles. The van der Waals surface area contributed by atoms with Gasteiger partial charge < -0.3 is 9.47 Å². The lowest BCUT2D eigenvalue weighted by Gasteiger charge is -2.17. The Morgan fingerprint density at radius 3 is 2.62 bits per heavy atom. The molecule has 0 spiro atoms. The molecule has 7 nitrogen and oxygen atoms in total. The minimum absolute atomic E-state index is 0.0782. The first-order valence-electron chi connectivity index (χ1n) is 9.22. The third-order valence-electron chi connectivity index (χ3n) is 4.61. The number of aromatic nitrogens is 3. The average molecular weight is 481 g/mol. The summed E-state index contributed by atoms with van der Waals surface area (Å²) < 4.78 is 53.9. The molecule has 0 saturated heterocycles. The molecule has 0 fully saturated rings. The van der Waals surface area contributed by atoms with E-state index in [2.05, 4.69) is 15.4 Å². The molecule has 0 bridgehead atoms. The van der Waals surface area contributed by atoms with Crippen LogP contribution in [0.5, 0.6) is 11.5 Å². The molecule has 0 aliphatic carbocycles. The van der Waals surface area contributed by atoms with E-state index in [0.717, 1.165) is 17.5 Å². The molecular formula is C20H12ClF3N4O3S. The van der Waals surface area contributed by atoms with E-state index in [4.69, 9.17) is 21.1 Å². The summed E-state index contributed by atoms with van der Waals surface area (Å²) in [6.07, 6.45) is -3.97. The molecule has 1 aliphatic rings. The van der Waals surface area contributed by atoms with Crippen molar-refractivity contribution in [2.24, 2.45) is 0 Å². The molecule has 4 aromatic rings. The van der Waals surface area contributed by atoms with Gasteiger partial charge in [-0.05, 0) is 18.2 Å². The van der Waals surface area contributed by atoms with Crippen LogP contribution in [0.25, 0.3) is 15.9 Å². The first kappa shape index (κ1) is 20.6. The Labute approximate surface area is 187 Å². The fraction of sp³-hybridized carbons (Fsp3) is 0.150. The summed E-state index contributed by atoms with van der Waals surface area (Å²) in [4.78, 5) is 17.0. The first-order chi connectivity index (χ1) is 15.3. The summed E-state index contributed by atoms with van der Waals surface area (Å²) in [5.74, 6) is 0.0865. The highest BCUT2D eigenvalue weighted by Gasteiger charge is 2.40. The number of thiazole rings is 1. The summed E-state index contributed by atoms with van der Waals surface area (Å²) >= 11 is 7.00. The molecule has 0 radical (unpaired) electrons. The van der Waals surface area contributed by atoms with E-state index in [9.17, 15) is 18.0 Å². The zero-order valence-electron chi connectivity index (χ0n) is 15.9. The Kier molecular flexibility index (Phi) is 4.94. The van der Waals surface area contributed by atoms with Crippen LogP contribution in [-0.2, 0) is 6.18 Å². The van der Waals surface area contributed by atoms with Crippen molar-refractivity contribution in [3.63, 3.8) is 0 Å². The van der Waals surface area contributed by atoms with E-state index in [1.807, 2.05) is 0 Å². The second kappa shape index (κ2) is 7.68. The van der Waals surface area contributed by atoms with Gasteiger partial charge in [-0.15, -0.1) is 0 Å². The number of carbonyl (C=O) groups excluding carboxylic acids is 1. The average Bonchev–Trinajstić information content (AvgIpc) is 3.35. The number of halogens is 4. The number of hydrogen-bond donors (Lipinski definition) is 1. The molecule has 2 aromatic heterocycles. The van der Waals surface area contributed by atoms with Gasteiger partial charge in [-0.25, -0.2) is 9.67 Å². The van der Waals surface area contributed by atoms with Crippen LogP contribution in [0.4, 0.5) is 18.3 Å². The van der Waals surface area contributed by atoms with Gasteiger partial charge in [0.25, 0.3) is 5.91 Å². The molecule has 0 unspecified atom stereocenters. The quantitative estimate of drug-likeness (QED) is 0.437. The van der Waals surface area contributed by atoms with E-state index in [-0.39, 0.29) is 15.8 Å². The summed E-state index contributed by atoms with van der Waals surface area (Å²) in [5, 5.41) is 6.59. The number of carbonyl (C=O) groups is 1. The van der Waals surface area contributed by atoms with Gasteiger partial charge in [0.05, 0.1) is 27.7 Å². The normalized spacial score (nSPS) is 13.4. The van der Waals surface area contributed by atoms with Gasteiger partial charge in [-0.2, -0.15) is 18.3 Å². The minimum Gasteiger partial charge on any atom is -0.486 e. The highest BCUT2D eigenvalue weighted by molar-refractivity contribution is 7.22. The van der Waals surface area contributed by atoms with Crippen molar-refractivity contribution in [1.82, 2.24) is 14.8 Å². The van der Waals surface area contributed by atoms with Gasteiger partial charge in [-0.3, -0.25) is 10.1 Å². The lowest BCUT2D eigenvalue weighted by atomic mass is 10.2. The molecule has 164 valence electrons. The van der Waals surface area contributed by atoms with Crippen molar-refractivity contribution < 1.29 is 27.4 Å². The predicted octanol–water partition coefficient (Wildman–Crippen LogP) is 5.18. The number of fused-ring (bicyclic) bond motifs is 2. The summed E-state index contributed by atoms with van der Waals surface area (Å²) in [6.45, 7) is 0.820. The SMILES string of the molecule is O=C(Nc1nc2cc3c(cc2s1)OCCO3)c1cnn(-c2cccc(Cl)c2)c1C(F)(F)F. The molecular weight excluding hydrogens is 469 g/mol. The van der Waals surface area contributed by atoms with Gasteiger partial charge in [0.15, 0.2) is 22.3 Å². The van der Waals surface area contributed by atoms with Crippen molar-refractivity contribution >= 4 is 44.2 Å². The lowest BCUT2D eigenvalue weighted by molar-refractivity contribution is -0.143. The van der Waals surface area contributed by atoms with E-state index in [0.29, 0.717) is 39.6 Å². The molecule has 2 aromatic carbocycles. The molecule has 32 heavy (non-hydrogen) atoms. The Morgan fingerprint density at radius 2 is 1.91 bits per heavy atom. The number of nitrogens with one attached hydrogen (secondary N) is 1. The van der Waals surface area contributed by atoms with Crippen LogP contribution >= 0.6 is 22.9 Å². The summed E-state index contributed by atoms with van der Waals surface area (Å²) in [6, 6.07) is 9.13. The fourth-order valence-corrected chi connectivity index (χ4v) is 4.33.